The highest BCUT2D eigenvalue weighted by molar-refractivity contribution is 5.94. The van der Waals surface area contributed by atoms with Crippen LogP contribution in [-0.4, -0.2) is 18.5 Å². The van der Waals surface area contributed by atoms with E-state index >= 15 is 0 Å². The average Bonchev–Trinajstić information content (AvgIpc) is 2.34. The van der Waals surface area contributed by atoms with Crippen molar-refractivity contribution in [2.24, 2.45) is 5.73 Å². The van der Waals surface area contributed by atoms with Crippen molar-refractivity contribution in [3.8, 4) is 0 Å². The molecular weight excluding hydrogens is 274 g/mol. The molecule has 0 aliphatic carbocycles. The Labute approximate surface area is 118 Å². The fraction of sp³-hybridized carbons (Fsp3) is 0.462. The topological polar surface area (TPSA) is 55.1 Å². The summed E-state index contributed by atoms with van der Waals surface area (Å²) in [6.45, 7) is 2.34. The second-order valence-corrected chi connectivity index (χ2v) is 4.17. The fourth-order valence-corrected chi connectivity index (χ4v) is 1.64. The second kappa shape index (κ2) is 8.82. The Morgan fingerprint density at radius 2 is 2.11 bits per heavy atom. The van der Waals surface area contributed by atoms with E-state index in [0.717, 1.165) is 31.4 Å². The van der Waals surface area contributed by atoms with Gasteiger partial charge in [-0.3, -0.25) is 4.79 Å². The number of hydrogen-bond donors (Lipinski definition) is 2. The van der Waals surface area contributed by atoms with Gasteiger partial charge in [-0.25, -0.2) is 8.78 Å². The van der Waals surface area contributed by atoms with Gasteiger partial charge in [-0.05, 0) is 18.6 Å². The summed E-state index contributed by atoms with van der Waals surface area (Å²) in [7, 11) is 0. The van der Waals surface area contributed by atoms with Crippen LogP contribution < -0.4 is 11.1 Å². The van der Waals surface area contributed by atoms with Crippen LogP contribution >= 0.6 is 12.4 Å². The molecule has 1 aromatic carbocycles. The average molecular weight is 293 g/mol. The van der Waals surface area contributed by atoms with E-state index in [0.29, 0.717) is 12.6 Å². The van der Waals surface area contributed by atoms with Crippen molar-refractivity contribution in [2.75, 3.05) is 6.54 Å². The van der Waals surface area contributed by atoms with E-state index in [2.05, 4.69) is 5.32 Å². The first-order chi connectivity index (χ1) is 8.58. The molecule has 6 heteroatoms. The van der Waals surface area contributed by atoms with E-state index < -0.39 is 17.5 Å². The Bertz CT molecular complexity index is 416. The third-order valence-corrected chi connectivity index (χ3v) is 2.70. The van der Waals surface area contributed by atoms with Gasteiger partial charge in [0.1, 0.15) is 11.6 Å². The molecule has 108 valence electrons. The van der Waals surface area contributed by atoms with Crippen molar-refractivity contribution in [1.82, 2.24) is 5.32 Å². The van der Waals surface area contributed by atoms with Crippen molar-refractivity contribution < 1.29 is 13.6 Å². The third-order valence-electron chi connectivity index (χ3n) is 2.70. The molecule has 3 N–H and O–H groups in total. The number of hydrogen-bond acceptors (Lipinski definition) is 2. The molecule has 0 radical (unpaired) electrons. The maximum atomic E-state index is 13.4. The molecule has 1 unspecified atom stereocenters. The highest BCUT2D eigenvalue weighted by Gasteiger charge is 2.15. The van der Waals surface area contributed by atoms with E-state index in [-0.39, 0.29) is 24.0 Å². The zero-order valence-corrected chi connectivity index (χ0v) is 11.6. The molecule has 0 saturated heterocycles. The van der Waals surface area contributed by atoms with Gasteiger partial charge in [0.05, 0.1) is 5.56 Å². The Hall–Kier alpha value is -1.20. The minimum Gasteiger partial charge on any atom is -0.348 e. The minimum absolute atomic E-state index is 0. The number of halogens is 3. The highest BCUT2D eigenvalue weighted by Crippen LogP contribution is 2.10. The van der Waals surface area contributed by atoms with Crippen LogP contribution in [0.4, 0.5) is 8.78 Å². The van der Waals surface area contributed by atoms with Gasteiger partial charge < -0.3 is 11.1 Å². The lowest BCUT2D eigenvalue weighted by molar-refractivity contribution is 0.0931. The predicted octanol–water partition coefficient (Wildman–Crippen LogP) is 2.63. The Kier molecular flexibility index (Phi) is 8.27. The molecule has 0 bridgehead atoms. The Morgan fingerprint density at radius 3 is 2.63 bits per heavy atom. The summed E-state index contributed by atoms with van der Waals surface area (Å²) < 4.78 is 26.1. The van der Waals surface area contributed by atoms with E-state index in [4.69, 9.17) is 5.73 Å². The van der Waals surface area contributed by atoms with E-state index in [1.807, 2.05) is 6.92 Å². The van der Waals surface area contributed by atoms with Crippen molar-refractivity contribution in [1.29, 1.82) is 0 Å². The highest BCUT2D eigenvalue weighted by atomic mass is 35.5. The predicted molar refractivity (Wildman–Crippen MR) is 73.4 cm³/mol. The van der Waals surface area contributed by atoms with Gasteiger partial charge in [0.2, 0.25) is 0 Å². The molecule has 1 atom stereocenters. The van der Waals surface area contributed by atoms with Gasteiger partial charge in [-0.1, -0.05) is 19.8 Å². The van der Waals surface area contributed by atoms with Gasteiger partial charge in [0.25, 0.3) is 5.91 Å². The van der Waals surface area contributed by atoms with Crippen LogP contribution in [0.5, 0.6) is 0 Å². The number of rotatable bonds is 6. The lowest BCUT2D eigenvalue weighted by atomic mass is 10.1. The fourth-order valence-electron chi connectivity index (χ4n) is 1.64. The van der Waals surface area contributed by atoms with Gasteiger partial charge in [0.15, 0.2) is 0 Å². The molecule has 1 amide bonds. The van der Waals surface area contributed by atoms with Gasteiger partial charge >= 0.3 is 0 Å². The van der Waals surface area contributed by atoms with Crippen LogP contribution in [0, 0.1) is 11.6 Å². The first-order valence-electron chi connectivity index (χ1n) is 6.04. The number of amides is 1. The molecule has 0 fully saturated rings. The summed E-state index contributed by atoms with van der Waals surface area (Å²) in [5, 5.41) is 2.65. The van der Waals surface area contributed by atoms with Crippen molar-refractivity contribution in [3.05, 3.63) is 35.4 Å². The maximum absolute atomic E-state index is 13.4. The third kappa shape index (κ3) is 5.53. The molecule has 3 nitrogen and oxygen atoms in total. The zero-order valence-electron chi connectivity index (χ0n) is 10.8. The molecule has 0 spiro atoms. The smallest absolute Gasteiger partial charge is 0.254 e. The molecule has 19 heavy (non-hydrogen) atoms. The molecule has 1 rings (SSSR count). The molecule has 0 saturated carbocycles. The number of unbranched alkanes of at least 4 members (excludes halogenated alkanes) is 1. The Morgan fingerprint density at radius 1 is 1.42 bits per heavy atom. The lowest BCUT2D eigenvalue weighted by Crippen LogP contribution is -2.40. The summed E-state index contributed by atoms with van der Waals surface area (Å²) in [6, 6.07) is 2.70. The first-order valence-corrected chi connectivity index (χ1v) is 6.04. The number of nitrogens with one attached hydrogen (secondary N) is 1. The van der Waals surface area contributed by atoms with Crippen molar-refractivity contribution in [2.45, 2.75) is 32.2 Å². The van der Waals surface area contributed by atoms with E-state index in [1.165, 1.54) is 0 Å². The summed E-state index contributed by atoms with van der Waals surface area (Å²) in [4.78, 5) is 11.8. The molecule has 0 aliphatic heterocycles. The quantitative estimate of drug-likeness (QED) is 0.847. The van der Waals surface area contributed by atoms with Crippen molar-refractivity contribution >= 4 is 18.3 Å². The van der Waals surface area contributed by atoms with Crippen LogP contribution in [-0.2, 0) is 0 Å². The van der Waals surface area contributed by atoms with Crippen LogP contribution in [0.3, 0.4) is 0 Å². The monoisotopic (exact) mass is 292 g/mol. The summed E-state index contributed by atoms with van der Waals surface area (Å²) >= 11 is 0. The normalized spacial score (nSPS) is 11.6. The lowest BCUT2D eigenvalue weighted by Gasteiger charge is -2.16. The molecule has 0 heterocycles. The standard InChI is InChI=1S/C13H18F2N2O.ClH/c1-2-3-4-10(8-16)17-13(18)11-6-5-9(14)7-12(11)15;/h5-7,10H,2-4,8,16H2,1H3,(H,17,18);1H. The van der Waals surface area contributed by atoms with Gasteiger partial charge in [-0.2, -0.15) is 0 Å². The van der Waals surface area contributed by atoms with Crippen LogP contribution in [0.2, 0.25) is 0 Å². The summed E-state index contributed by atoms with van der Waals surface area (Å²) in [5.41, 5.74) is 5.37. The maximum Gasteiger partial charge on any atom is 0.254 e. The van der Waals surface area contributed by atoms with Crippen LogP contribution in [0.15, 0.2) is 18.2 Å². The number of carbonyl (C=O) groups excluding carboxylic acids is 1. The Balaban J connectivity index is 0.00000324. The van der Waals surface area contributed by atoms with Gasteiger partial charge in [0, 0.05) is 18.7 Å². The number of nitrogens with two attached hydrogens (primary N) is 1. The molecular formula is C13H19ClF2N2O. The summed E-state index contributed by atoms with van der Waals surface area (Å²) in [6.07, 6.45) is 2.69. The molecule has 0 aliphatic rings. The second-order valence-electron chi connectivity index (χ2n) is 4.17. The SMILES string of the molecule is CCCCC(CN)NC(=O)c1ccc(F)cc1F.Cl. The number of benzene rings is 1. The molecule has 0 aromatic heterocycles. The van der Waals surface area contributed by atoms with Gasteiger partial charge in [-0.15, -0.1) is 12.4 Å². The zero-order chi connectivity index (χ0) is 13.5. The summed E-state index contributed by atoms with van der Waals surface area (Å²) in [5.74, 6) is -2.12. The van der Waals surface area contributed by atoms with E-state index in [9.17, 15) is 13.6 Å². The van der Waals surface area contributed by atoms with Crippen LogP contribution in [0.1, 0.15) is 36.5 Å². The molecule has 1 aromatic rings. The van der Waals surface area contributed by atoms with Crippen molar-refractivity contribution in [3.63, 3.8) is 0 Å². The minimum atomic E-state index is -0.862. The first kappa shape index (κ1) is 17.8. The largest absolute Gasteiger partial charge is 0.348 e. The van der Waals surface area contributed by atoms with Crippen LogP contribution in [0.25, 0.3) is 0 Å². The number of carbonyl (C=O) groups is 1. The van der Waals surface area contributed by atoms with E-state index in [1.54, 1.807) is 0 Å².